The minimum Gasteiger partial charge on any atom is -0.396 e. The lowest BCUT2D eigenvalue weighted by molar-refractivity contribution is 0.292. The summed E-state index contributed by atoms with van der Waals surface area (Å²) < 4.78 is 0. The van der Waals surface area contributed by atoms with Crippen LogP contribution < -0.4 is 15.1 Å². The van der Waals surface area contributed by atoms with E-state index in [9.17, 15) is 0 Å². The zero-order valence-electron chi connectivity index (χ0n) is 15.7. The molecule has 0 spiro atoms. The smallest absolute Gasteiger partial charge is 0.228 e. The van der Waals surface area contributed by atoms with Gasteiger partial charge in [-0.25, -0.2) is 4.98 Å². The Labute approximate surface area is 169 Å². The number of anilines is 3. The maximum Gasteiger partial charge on any atom is 0.228 e. The van der Waals surface area contributed by atoms with E-state index in [4.69, 9.17) is 26.7 Å². The predicted molar refractivity (Wildman–Crippen MR) is 116 cm³/mol. The van der Waals surface area contributed by atoms with E-state index in [2.05, 4.69) is 21.2 Å². The normalized spacial score (nSPS) is 14.5. The van der Waals surface area contributed by atoms with Crippen molar-refractivity contribution in [3.8, 4) is 0 Å². The second-order valence-electron chi connectivity index (χ2n) is 6.85. The molecule has 1 fully saturated rings. The van der Waals surface area contributed by atoms with Gasteiger partial charge in [0.1, 0.15) is 5.82 Å². The SMILES string of the molecule is OCCCNc1nc(N2CCN(c3cccc(Cl)c3)CC2)nc2ccccc12. The molecule has 1 saturated heterocycles. The van der Waals surface area contributed by atoms with Crippen LogP contribution in [0.15, 0.2) is 48.5 Å². The average Bonchev–Trinajstić information content (AvgIpc) is 2.74. The predicted octanol–water partition coefficient (Wildman–Crippen LogP) is 3.40. The molecule has 0 atom stereocenters. The van der Waals surface area contributed by atoms with Crippen LogP contribution in [0, 0.1) is 0 Å². The zero-order valence-corrected chi connectivity index (χ0v) is 16.4. The molecule has 7 heteroatoms. The third-order valence-electron chi connectivity index (χ3n) is 4.95. The van der Waals surface area contributed by atoms with Crippen molar-refractivity contribution in [2.45, 2.75) is 6.42 Å². The number of aliphatic hydroxyl groups is 1. The quantitative estimate of drug-likeness (QED) is 0.621. The molecule has 0 aliphatic carbocycles. The van der Waals surface area contributed by atoms with Crippen LogP contribution in [0.25, 0.3) is 10.9 Å². The number of piperazine rings is 1. The van der Waals surface area contributed by atoms with Crippen molar-refractivity contribution in [3.05, 3.63) is 53.6 Å². The second-order valence-corrected chi connectivity index (χ2v) is 7.28. The summed E-state index contributed by atoms with van der Waals surface area (Å²) in [5.41, 5.74) is 2.08. The number of benzene rings is 2. The lowest BCUT2D eigenvalue weighted by atomic mass is 10.2. The summed E-state index contributed by atoms with van der Waals surface area (Å²) in [7, 11) is 0. The molecule has 0 bridgehead atoms. The van der Waals surface area contributed by atoms with Gasteiger partial charge in [0.15, 0.2) is 0 Å². The summed E-state index contributed by atoms with van der Waals surface area (Å²) in [5, 5.41) is 14.2. The molecule has 0 unspecified atom stereocenters. The minimum absolute atomic E-state index is 0.161. The third kappa shape index (κ3) is 4.13. The van der Waals surface area contributed by atoms with Gasteiger partial charge in [-0.05, 0) is 36.8 Å². The van der Waals surface area contributed by atoms with Crippen LogP contribution in [0.5, 0.6) is 0 Å². The number of nitrogens with one attached hydrogen (secondary N) is 1. The molecular weight excluding hydrogens is 374 g/mol. The molecule has 6 nitrogen and oxygen atoms in total. The van der Waals surface area contributed by atoms with Crippen molar-refractivity contribution in [1.29, 1.82) is 0 Å². The van der Waals surface area contributed by atoms with Crippen LogP contribution in [0.4, 0.5) is 17.5 Å². The Kier molecular flexibility index (Phi) is 5.78. The Balaban J connectivity index is 1.53. The highest BCUT2D eigenvalue weighted by molar-refractivity contribution is 6.30. The summed E-state index contributed by atoms with van der Waals surface area (Å²) in [6, 6.07) is 16.0. The van der Waals surface area contributed by atoms with E-state index < -0.39 is 0 Å². The van der Waals surface area contributed by atoms with E-state index in [1.165, 1.54) is 0 Å². The van der Waals surface area contributed by atoms with Gasteiger partial charge in [-0.3, -0.25) is 0 Å². The van der Waals surface area contributed by atoms with Crippen molar-refractivity contribution in [2.24, 2.45) is 0 Å². The molecule has 1 aliphatic heterocycles. The minimum atomic E-state index is 0.161. The number of para-hydroxylation sites is 1. The molecule has 0 amide bonds. The molecule has 1 aromatic heterocycles. The fraction of sp³-hybridized carbons (Fsp3) is 0.333. The molecule has 0 saturated carbocycles. The number of halogens is 1. The van der Waals surface area contributed by atoms with Gasteiger partial charge in [-0.2, -0.15) is 4.98 Å². The first-order valence-electron chi connectivity index (χ1n) is 9.61. The molecule has 4 rings (SSSR count). The van der Waals surface area contributed by atoms with Crippen molar-refractivity contribution >= 4 is 40.0 Å². The Hall–Kier alpha value is -2.57. The average molecular weight is 398 g/mol. The number of hydrogen-bond donors (Lipinski definition) is 2. The molecule has 0 radical (unpaired) electrons. The first-order chi connectivity index (χ1) is 13.7. The number of rotatable bonds is 6. The number of fused-ring (bicyclic) bond motifs is 1. The van der Waals surface area contributed by atoms with E-state index in [1.807, 2.05) is 42.5 Å². The molecule has 2 aromatic carbocycles. The summed E-state index contributed by atoms with van der Waals surface area (Å²) in [5.74, 6) is 1.57. The van der Waals surface area contributed by atoms with Gasteiger partial charge in [0.05, 0.1) is 5.52 Å². The number of aliphatic hydroxyl groups excluding tert-OH is 1. The molecule has 28 heavy (non-hydrogen) atoms. The fourth-order valence-electron chi connectivity index (χ4n) is 3.46. The Bertz CT molecular complexity index is 943. The molecular formula is C21H24ClN5O. The van der Waals surface area contributed by atoms with Gasteiger partial charge < -0.3 is 20.2 Å². The van der Waals surface area contributed by atoms with E-state index in [0.29, 0.717) is 13.0 Å². The summed E-state index contributed by atoms with van der Waals surface area (Å²) in [6.07, 6.45) is 0.686. The van der Waals surface area contributed by atoms with Gasteiger partial charge in [0, 0.05) is 55.4 Å². The van der Waals surface area contributed by atoms with Crippen LogP contribution in [0.1, 0.15) is 6.42 Å². The monoisotopic (exact) mass is 397 g/mol. The number of aromatic nitrogens is 2. The maximum absolute atomic E-state index is 9.06. The fourth-order valence-corrected chi connectivity index (χ4v) is 3.65. The van der Waals surface area contributed by atoms with Crippen molar-refractivity contribution < 1.29 is 5.11 Å². The Morgan fingerprint density at radius 3 is 2.54 bits per heavy atom. The van der Waals surface area contributed by atoms with E-state index in [0.717, 1.165) is 59.6 Å². The third-order valence-corrected chi connectivity index (χ3v) is 5.19. The van der Waals surface area contributed by atoms with Crippen molar-refractivity contribution in [3.63, 3.8) is 0 Å². The maximum atomic E-state index is 9.06. The molecule has 146 valence electrons. The van der Waals surface area contributed by atoms with Gasteiger partial charge >= 0.3 is 0 Å². The van der Waals surface area contributed by atoms with Crippen LogP contribution in [0.3, 0.4) is 0 Å². The highest BCUT2D eigenvalue weighted by Gasteiger charge is 2.20. The van der Waals surface area contributed by atoms with Crippen molar-refractivity contribution in [2.75, 3.05) is 54.4 Å². The van der Waals surface area contributed by atoms with Crippen molar-refractivity contribution in [1.82, 2.24) is 9.97 Å². The van der Waals surface area contributed by atoms with Crippen LogP contribution in [-0.2, 0) is 0 Å². The van der Waals surface area contributed by atoms with E-state index in [1.54, 1.807) is 0 Å². The second kappa shape index (κ2) is 8.63. The molecule has 3 aromatic rings. The van der Waals surface area contributed by atoms with Crippen LogP contribution in [0.2, 0.25) is 5.02 Å². The summed E-state index contributed by atoms with van der Waals surface area (Å²) in [4.78, 5) is 14.1. The van der Waals surface area contributed by atoms with Crippen LogP contribution in [-0.4, -0.2) is 54.4 Å². The largest absolute Gasteiger partial charge is 0.396 e. The molecule has 2 heterocycles. The first kappa shape index (κ1) is 18.8. The van der Waals surface area contributed by atoms with Gasteiger partial charge in [0.25, 0.3) is 0 Å². The molecule has 2 N–H and O–H groups in total. The lowest BCUT2D eigenvalue weighted by Gasteiger charge is -2.36. The van der Waals surface area contributed by atoms with E-state index in [-0.39, 0.29) is 6.61 Å². The van der Waals surface area contributed by atoms with E-state index >= 15 is 0 Å². The van der Waals surface area contributed by atoms with Crippen LogP contribution >= 0.6 is 11.6 Å². The van der Waals surface area contributed by atoms with Gasteiger partial charge in [-0.1, -0.05) is 29.8 Å². The molecule has 1 aliphatic rings. The standard InChI is InChI=1S/C21H24ClN5O/c22-16-5-3-6-17(15-16)26-10-12-27(13-11-26)21-24-19-8-2-1-7-18(19)20(25-21)23-9-4-14-28/h1-3,5-8,15,28H,4,9-14H2,(H,23,24,25). The highest BCUT2D eigenvalue weighted by Crippen LogP contribution is 2.25. The number of nitrogens with zero attached hydrogens (tertiary/aromatic N) is 4. The first-order valence-corrected chi connectivity index (χ1v) is 9.99. The van der Waals surface area contributed by atoms with Gasteiger partial charge in [-0.15, -0.1) is 0 Å². The Morgan fingerprint density at radius 1 is 0.964 bits per heavy atom. The topological polar surface area (TPSA) is 64.5 Å². The summed E-state index contributed by atoms with van der Waals surface area (Å²) >= 11 is 6.13. The van der Waals surface area contributed by atoms with Gasteiger partial charge in [0.2, 0.25) is 5.95 Å². The summed E-state index contributed by atoms with van der Waals surface area (Å²) in [6.45, 7) is 4.32. The lowest BCUT2D eigenvalue weighted by Crippen LogP contribution is -2.47. The zero-order chi connectivity index (χ0) is 19.3. The number of hydrogen-bond acceptors (Lipinski definition) is 6. The highest BCUT2D eigenvalue weighted by atomic mass is 35.5. The Morgan fingerprint density at radius 2 is 1.75 bits per heavy atom.